The summed E-state index contributed by atoms with van der Waals surface area (Å²) in [5, 5.41) is 3.39. The van der Waals surface area contributed by atoms with Gasteiger partial charge in [-0.1, -0.05) is 0 Å². The van der Waals surface area contributed by atoms with Crippen molar-refractivity contribution in [3.63, 3.8) is 0 Å². The molecule has 4 heteroatoms. The maximum absolute atomic E-state index is 5.74. The molecule has 0 bridgehead atoms. The van der Waals surface area contributed by atoms with E-state index in [9.17, 15) is 0 Å². The van der Waals surface area contributed by atoms with Crippen molar-refractivity contribution in [2.24, 2.45) is 5.92 Å². The van der Waals surface area contributed by atoms with Gasteiger partial charge < -0.3 is 19.9 Å². The number of morpholine rings is 1. The molecule has 2 atom stereocenters. The van der Waals surface area contributed by atoms with Crippen LogP contribution in [0.2, 0.25) is 0 Å². The first kappa shape index (κ1) is 13.3. The van der Waals surface area contributed by atoms with E-state index in [0.29, 0.717) is 6.10 Å². The van der Waals surface area contributed by atoms with Gasteiger partial charge in [-0.05, 0) is 39.4 Å². The highest BCUT2D eigenvalue weighted by Gasteiger charge is 2.21. The molecule has 2 rings (SSSR count). The number of likely N-dealkylation sites (tertiary alicyclic amines) is 1. The van der Waals surface area contributed by atoms with Crippen molar-refractivity contribution in [3.8, 4) is 0 Å². The third-order valence-electron chi connectivity index (χ3n) is 3.81. The summed E-state index contributed by atoms with van der Waals surface area (Å²) < 4.78 is 5.74. The van der Waals surface area contributed by atoms with Crippen molar-refractivity contribution in [2.45, 2.75) is 18.9 Å². The van der Waals surface area contributed by atoms with Gasteiger partial charge in [-0.3, -0.25) is 0 Å². The van der Waals surface area contributed by atoms with Crippen molar-refractivity contribution in [1.29, 1.82) is 0 Å². The molecule has 0 aromatic carbocycles. The smallest absolute Gasteiger partial charge is 0.0826 e. The lowest BCUT2D eigenvalue weighted by Gasteiger charge is -2.34. The lowest BCUT2D eigenvalue weighted by molar-refractivity contribution is 0.00600. The van der Waals surface area contributed by atoms with E-state index in [1.165, 1.54) is 32.5 Å². The van der Waals surface area contributed by atoms with Gasteiger partial charge in [0.1, 0.15) is 0 Å². The minimum absolute atomic E-state index is 0.384. The first-order valence-electron chi connectivity index (χ1n) is 6.93. The highest BCUT2D eigenvalue weighted by atomic mass is 16.5. The summed E-state index contributed by atoms with van der Waals surface area (Å²) in [5.41, 5.74) is 0. The topological polar surface area (TPSA) is 27.7 Å². The van der Waals surface area contributed by atoms with Gasteiger partial charge in [0, 0.05) is 32.7 Å². The summed E-state index contributed by atoms with van der Waals surface area (Å²) in [6.45, 7) is 7.69. The van der Waals surface area contributed by atoms with E-state index in [-0.39, 0.29) is 0 Å². The van der Waals surface area contributed by atoms with Gasteiger partial charge in [0.25, 0.3) is 0 Å². The van der Waals surface area contributed by atoms with Crippen LogP contribution in [0.25, 0.3) is 0 Å². The Kier molecular flexibility index (Phi) is 5.22. The lowest BCUT2D eigenvalue weighted by Crippen LogP contribution is -2.46. The Hall–Kier alpha value is -0.160. The first-order valence-corrected chi connectivity index (χ1v) is 6.93. The Balaban J connectivity index is 1.66. The molecule has 0 saturated carbocycles. The van der Waals surface area contributed by atoms with Crippen molar-refractivity contribution < 1.29 is 4.74 Å². The molecule has 2 aliphatic heterocycles. The monoisotopic (exact) mass is 241 g/mol. The van der Waals surface area contributed by atoms with E-state index < -0.39 is 0 Å². The van der Waals surface area contributed by atoms with Gasteiger partial charge >= 0.3 is 0 Å². The molecule has 4 nitrogen and oxygen atoms in total. The molecule has 2 aliphatic rings. The Morgan fingerprint density at radius 2 is 2.29 bits per heavy atom. The predicted molar refractivity (Wildman–Crippen MR) is 70.3 cm³/mol. The molecule has 2 unspecified atom stereocenters. The zero-order valence-corrected chi connectivity index (χ0v) is 11.3. The van der Waals surface area contributed by atoms with Crippen LogP contribution in [-0.4, -0.2) is 75.9 Å². The highest BCUT2D eigenvalue weighted by molar-refractivity contribution is 4.76. The predicted octanol–water partition coefficient (Wildman–Crippen LogP) is 0.248. The summed E-state index contributed by atoms with van der Waals surface area (Å²) in [5.74, 6) is 0.843. The fourth-order valence-electron chi connectivity index (χ4n) is 3.02. The zero-order valence-electron chi connectivity index (χ0n) is 11.3. The molecule has 1 N–H and O–H groups in total. The molecule has 100 valence electrons. The summed E-state index contributed by atoms with van der Waals surface area (Å²) >= 11 is 0. The Morgan fingerprint density at radius 1 is 1.41 bits per heavy atom. The normalized spacial score (nSPS) is 31.9. The molecular formula is C13H27N3O. The molecule has 0 aromatic heterocycles. The fourth-order valence-corrected chi connectivity index (χ4v) is 3.02. The van der Waals surface area contributed by atoms with E-state index in [1.807, 2.05) is 0 Å². The zero-order chi connectivity index (χ0) is 12.1. The molecule has 0 aromatic rings. The molecular weight excluding hydrogens is 214 g/mol. The number of nitrogens with one attached hydrogen (secondary N) is 1. The lowest BCUT2D eigenvalue weighted by atomic mass is 9.98. The summed E-state index contributed by atoms with van der Waals surface area (Å²) in [6, 6.07) is 0. The first-order chi connectivity index (χ1) is 8.24. The maximum Gasteiger partial charge on any atom is 0.0826 e. The van der Waals surface area contributed by atoms with Crippen LogP contribution in [0.15, 0.2) is 0 Å². The number of rotatable bonds is 4. The number of nitrogens with zero attached hydrogens (tertiary/aromatic N) is 2. The third-order valence-corrected chi connectivity index (χ3v) is 3.81. The van der Waals surface area contributed by atoms with Crippen molar-refractivity contribution in [2.75, 3.05) is 60.0 Å². The SMILES string of the molecule is CN1CCCC(CN(C)CC2CNCCO2)C1. The van der Waals surface area contributed by atoms with Crippen LogP contribution < -0.4 is 5.32 Å². The van der Waals surface area contributed by atoms with Gasteiger partial charge in [0.05, 0.1) is 12.7 Å². The van der Waals surface area contributed by atoms with Crippen molar-refractivity contribution >= 4 is 0 Å². The minimum Gasteiger partial charge on any atom is -0.374 e. The largest absolute Gasteiger partial charge is 0.374 e. The second-order valence-corrected chi connectivity index (χ2v) is 5.69. The van der Waals surface area contributed by atoms with E-state index in [0.717, 1.165) is 32.2 Å². The van der Waals surface area contributed by atoms with Gasteiger partial charge in [-0.15, -0.1) is 0 Å². The second kappa shape index (κ2) is 6.69. The second-order valence-electron chi connectivity index (χ2n) is 5.69. The average molecular weight is 241 g/mol. The van der Waals surface area contributed by atoms with Crippen LogP contribution in [0.3, 0.4) is 0 Å². The van der Waals surface area contributed by atoms with Crippen LogP contribution in [-0.2, 0) is 4.74 Å². The van der Waals surface area contributed by atoms with Crippen LogP contribution >= 0.6 is 0 Å². The minimum atomic E-state index is 0.384. The van der Waals surface area contributed by atoms with Crippen LogP contribution in [0, 0.1) is 5.92 Å². The van der Waals surface area contributed by atoms with E-state index in [4.69, 9.17) is 4.74 Å². The van der Waals surface area contributed by atoms with Crippen molar-refractivity contribution in [1.82, 2.24) is 15.1 Å². The number of hydrogen-bond donors (Lipinski definition) is 1. The van der Waals surface area contributed by atoms with E-state index in [1.54, 1.807) is 0 Å². The van der Waals surface area contributed by atoms with Gasteiger partial charge in [-0.25, -0.2) is 0 Å². The summed E-state index contributed by atoms with van der Waals surface area (Å²) in [7, 11) is 4.47. The Bertz CT molecular complexity index is 219. The molecule has 0 radical (unpaired) electrons. The van der Waals surface area contributed by atoms with Gasteiger partial charge in [-0.2, -0.15) is 0 Å². The average Bonchev–Trinajstić information content (AvgIpc) is 2.30. The van der Waals surface area contributed by atoms with Crippen LogP contribution in [0.4, 0.5) is 0 Å². The summed E-state index contributed by atoms with van der Waals surface area (Å²) in [4.78, 5) is 4.90. The maximum atomic E-state index is 5.74. The molecule has 2 heterocycles. The molecule has 0 amide bonds. The molecule has 17 heavy (non-hydrogen) atoms. The Labute approximate surface area is 105 Å². The molecule has 2 fully saturated rings. The fraction of sp³-hybridized carbons (Fsp3) is 1.00. The van der Waals surface area contributed by atoms with Crippen LogP contribution in [0.5, 0.6) is 0 Å². The van der Waals surface area contributed by atoms with E-state index in [2.05, 4.69) is 29.2 Å². The molecule has 0 spiro atoms. The molecule has 0 aliphatic carbocycles. The van der Waals surface area contributed by atoms with Gasteiger partial charge in [0.15, 0.2) is 0 Å². The van der Waals surface area contributed by atoms with Crippen molar-refractivity contribution in [3.05, 3.63) is 0 Å². The van der Waals surface area contributed by atoms with Gasteiger partial charge in [0.2, 0.25) is 0 Å². The third kappa shape index (κ3) is 4.54. The highest BCUT2D eigenvalue weighted by Crippen LogP contribution is 2.16. The number of piperidine rings is 1. The molecule has 2 saturated heterocycles. The summed E-state index contributed by atoms with van der Waals surface area (Å²) in [6.07, 6.45) is 3.13. The number of ether oxygens (including phenoxy) is 1. The quantitative estimate of drug-likeness (QED) is 0.763. The van der Waals surface area contributed by atoms with Crippen LogP contribution in [0.1, 0.15) is 12.8 Å². The number of likely N-dealkylation sites (N-methyl/N-ethyl adjacent to an activating group) is 1. The Morgan fingerprint density at radius 3 is 3.00 bits per heavy atom. The van der Waals surface area contributed by atoms with E-state index >= 15 is 0 Å². The number of hydrogen-bond acceptors (Lipinski definition) is 4. The standard InChI is InChI=1S/C13H27N3O/c1-15-6-3-4-12(9-15)10-16(2)11-13-8-14-5-7-17-13/h12-14H,3-11H2,1-2H3.